The van der Waals surface area contributed by atoms with E-state index in [1.54, 1.807) is 17.8 Å². The first-order chi connectivity index (χ1) is 11.6. The molecule has 8 heteroatoms. The molecule has 0 aromatic heterocycles. The molecule has 1 aliphatic heterocycles. The van der Waals surface area contributed by atoms with Crippen LogP contribution in [0.4, 0.5) is 5.69 Å². The molecule has 7 nitrogen and oxygen atoms in total. The van der Waals surface area contributed by atoms with E-state index >= 15 is 0 Å². The lowest BCUT2D eigenvalue weighted by atomic mass is 9.85. The number of nitrogens with zero attached hydrogens (tertiary/aromatic N) is 1. The molecule has 0 aliphatic carbocycles. The van der Waals surface area contributed by atoms with E-state index in [2.05, 4.69) is 5.32 Å². The van der Waals surface area contributed by atoms with E-state index in [0.29, 0.717) is 29.9 Å². The molecule has 2 N–H and O–H groups in total. The molecule has 1 aliphatic rings. The van der Waals surface area contributed by atoms with E-state index in [4.69, 9.17) is 0 Å². The summed E-state index contributed by atoms with van der Waals surface area (Å²) in [4.78, 5) is 35.1. The predicted molar refractivity (Wildman–Crippen MR) is 96.2 cm³/mol. The van der Waals surface area contributed by atoms with Crippen LogP contribution in [0.15, 0.2) is 18.2 Å². The minimum absolute atomic E-state index is 0.0959. The normalized spacial score (nSPS) is 16.9. The molecule has 0 unspecified atom stereocenters. The molecule has 1 aromatic carbocycles. The predicted octanol–water partition coefficient (Wildman–Crippen LogP) is 2.97. The van der Waals surface area contributed by atoms with Gasteiger partial charge in [0.2, 0.25) is 0 Å². The van der Waals surface area contributed by atoms with Crippen molar-refractivity contribution in [1.82, 2.24) is 5.32 Å². The van der Waals surface area contributed by atoms with Crippen molar-refractivity contribution in [3.8, 4) is 0 Å². The minimum atomic E-state index is -1.31. The number of hydrogen-bond acceptors (Lipinski definition) is 5. The fourth-order valence-electron chi connectivity index (χ4n) is 2.86. The number of hydrogen-bond donors (Lipinski definition) is 2. The summed E-state index contributed by atoms with van der Waals surface area (Å²) >= 11 is 1.64. The van der Waals surface area contributed by atoms with Gasteiger partial charge in [0.15, 0.2) is 0 Å². The number of amides is 1. The van der Waals surface area contributed by atoms with Crippen molar-refractivity contribution in [2.45, 2.75) is 44.6 Å². The molecule has 1 amide bonds. The maximum atomic E-state index is 12.6. The van der Waals surface area contributed by atoms with Crippen LogP contribution in [0, 0.1) is 10.1 Å². The Labute approximate surface area is 150 Å². The van der Waals surface area contributed by atoms with Crippen molar-refractivity contribution in [3.63, 3.8) is 0 Å². The Morgan fingerprint density at radius 1 is 1.28 bits per heavy atom. The number of benzene rings is 1. The number of nitrogens with one attached hydrogen (secondary N) is 1. The Balaban J connectivity index is 2.34. The molecule has 0 atom stereocenters. The zero-order valence-corrected chi connectivity index (χ0v) is 15.3. The zero-order valence-electron chi connectivity index (χ0n) is 14.5. The highest BCUT2D eigenvalue weighted by molar-refractivity contribution is 7.99. The van der Waals surface area contributed by atoms with Crippen molar-refractivity contribution in [2.24, 2.45) is 0 Å². The Morgan fingerprint density at radius 3 is 2.36 bits per heavy atom. The molecular weight excluding hydrogens is 344 g/mol. The number of nitro groups is 1. The molecule has 0 radical (unpaired) electrons. The molecule has 0 spiro atoms. The van der Waals surface area contributed by atoms with E-state index in [-0.39, 0.29) is 11.3 Å². The third kappa shape index (κ3) is 4.12. The number of thioether (sulfide) groups is 1. The standard InChI is InChI=1S/C17H22N2O5S/c1-16(2,3)12-5-4-11(10-13(12)19(23)24)14(20)18-17(15(21)22)6-8-25-9-7-17/h4-5,10H,6-9H2,1-3H3,(H,18,20)(H,21,22). The number of nitro benzene ring substituents is 1. The smallest absolute Gasteiger partial charge is 0.329 e. The van der Waals surface area contributed by atoms with E-state index in [1.807, 2.05) is 20.8 Å². The van der Waals surface area contributed by atoms with Gasteiger partial charge < -0.3 is 10.4 Å². The molecule has 1 heterocycles. The summed E-state index contributed by atoms with van der Waals surface area (Å²) in [5.41, 5.74) is -1.27. The van der Waals surface area contributed by atoms with Gasteiger partial charge in [-0.15, -0.1) is 0 Å². The molecule has 0 bridgehead atoms. The molecule has 0 saturated carbocycles. The van der Waals surface area contributed by atoms with Crippen molar-refractivity contribution >= 4 is 29.3 Å². The van der Waals surface area contributed by atoms with Crippen LogP contribution in [0.25, 0.3) is 0 Å². The molecule has 2 rings (SSSR count). The molecule has 25 heavy (non-hydrogen) atoms. The maximum Gasteiger partial charge on any atom is 0.329 e. The second-order valence-electron chi connectivity index (χ2n) is 7.19. The van der Waals surface area contributed by atoms with E-state index in [9.17, 15) is 24.8 Å². The second-order valence-corrected chi connectivity index (χ2v) is 8.42. The minimum Gasteiger partial charge on any atom is -0.480 e. The topological polar surface area (TPSA) is 110 Å². The highest BCUT2D eigenvalue weighted by atomic mass is 32.2. The summed E-state index contributed by atoms with van der Waals surface area (Å²) in [5, 5.41) is 23.5. The van der Waals surface area contributed by atoms with Crippen molar-refractivity contribution in [1.29, 1.82) is 0 Å². The van der Waals surface area contributed by atoms with Crippen LogP contribution in [-0.4, -0.2) is 39.0 Å². The van der Waals surface area contributed by atoms with Gasteiger partial charge in [-0.05, 0) is 35.8 Å². The lowest BCUT2D eigenvalue weighted by Gasteiger charge is -2.33. The second kappa shape index (κ2) is 7.03. The number of carbonyl (C=O) groups is 2. The van der Waals surface area contributed by atoms with Crippen LogP contribution in [0.5, 0.6) is 0 Å². The fourth-order valence-corrected chi connectivity index (χ4v) is 4.05. The fraction of sp³-hybridized carbons (Fsp3) is 0.529. The van der Waals surface area contributed by atoms with E-state index in [0.717, 1.165) is 0 Å². The molecule has 1 fully saturated rings. The van der Waals surface area contributed by atoms with Gasteiger partial charge in [-0.1, -0.05) is 26.8 Å². The summed E-state index contributed by atoms with van der Waals surface area (Å²) in [5.74, 6) is -0.370. The van der Waals surface area contributed by atoms with Gasteiger partial charge in [0, 0.05) is 17.2 Å². The Hall–Kier alpha value is -2.09. The Bertz CT molecular complexity index is 705. The first-order valence-corrected chi connectivity index (χ1v) is 9.15. The maximum absolute atomic E-state index is 12.6. The highest BCUT2D eigenvalue weighted by Crippen LogP contribution is 2.32. The summed E-state index contributed by atoms with van der Waals surface area (Å²) in [7, 11) is 0. The lowest BCUT2D eigenvalue weighted by molar-refractivity contribution is -0.386. The van der Waals surface area contributed by atoms with Crippen LogP contribution in [0.3, 0.4) is 0 Å². The van der Waals surface area contributed by atoms with Gasteiger partial charge in [-0.2, -0.15) is 11.8 Å². The van der Waals surface area contributed by atoms with Gasteiger partial charge in [-0.3, -0.25) is 14.9 Å². The van der Waals surface area contributed by atoms with Crippen molar-refractivity contribution in [2.75, 3.05) is 11.5 Å². The number of carboxylic acid groups (broad SMARTS) is 1. The Morgan fingerprint density at radius 2 is 1.88 bits per heavy atom. The van der Waals surface area contributed by atoms with Crippen LogP contribution >= 0.6 is 11.8 Å². The molecule has 1 aromatic rings. The number of carboxylic acids is 1. The van der Waals surface area contributed by atoms with Crippen molar-refractivity contribution < 1.29 is 19.6 Å². The SMILES string of the molecule is CC(C)(C)c1ccc(C(=O)NC2(C(=O)O)CCSCC2)cc1[N+](=O)[O-]. The van der Waals surface area contributed by atoms with Gasteiger partial charge >= 0.3 is 5.97 Å². The summed E-state index contributed by atoms with van der Waals surface area (Å²) < 4.78 is 0. The van der Waals surface area contributed by atoms with Gasteiger partial charge in [0.1, 0.15) is 5.54 Å². The number of carbonyl (C=O) groups excluding carboxylic acids is 1. The first-order valence-electron chi connectivity index (χ1n) is 7.99. The third-order valence-corrected chi connectivity index (χ3v) is 5.36. The van der Waals surface area contributed by atoms with Gasteiger partial charge in [0.05, 0.1) is 4.92 Å². The third-order valence-electron chi connectivity index (χ3n) is 4.37. The van der Waals surface area contributed by atoms with Crippen LogP contribution < -0.4 is 5.32 Å². The Kier molecular flexibility index (Phi) is 5.41. The lowest BCUT2D eigenvalue weighted by Crippen LogP contribution is -2.56. The van der Waals surface area contributed by atoms with E-state index in [1.165, 1.54) is 12.1 Å². The van der Waals surface area contributed by atoms with Gasteiger partial charge in [-0.25, -0.2) is 4.79 Å². The van der Waals surface area contributed by atoms with Crippen molar-refractivity contribution in [3.05, 3.63) is 39.4 Å². The quantitative estimate of drug-likeness (QED) is 0.626. The number of rotatable bonds is 4. The van der Waals surface area contributed by atoms with Crippen LogP contribution in [-0.2, 0) is 10.2 Å². The molecule has 136 valence electrons. The summed E-state index contributed by atoms with van der Waals surface area (Å²) in [6.45, 7) is 5.57. The highest BCUT2D eigenvalue weighted by Gasteiger charge is 2.41. The summed E-state index contributed by atoms with van der Waals surface area (Å²) in [6.07, 6.45) is 0.668. The summed E-state index contributed by atoms with van der Waals surface area (Å²) in [6, 6.07) is 4.30. The first kappa shape index (κ1) is 19.2. The van der Waals surface area contributed by atoms with Crippen LogP contribution in [0.2, 0.25) is 0 Å². The van der Waals surface area contributed by atoms with Crippen LogP contribution in [0.1, 0.15) is 49.5 Å². The molecule has 1 saturated heterocycles. The van der Waals surface area contributed by atoms with E-state index < -0.39 is 27.8 Å². The molecular formula is C17H22N2O5S. The van der Waals surface area contributed by atoms with Gasteiger partial charge in [0.25, 0.3) is 11.6 Å². The number of aliphatic carboxylic acids is 1. The average Bonchev–Trinajstić information content (AvgIpc) is 2.54. The monoisotopic (exact) mass is 366 g/mol. The average molecular weight is 366 g/mol. The zero-order chi connectivity index (χ0) is 18.8. The largest absolute Gasteiger partial charge is 0.480 e.